The van der Waals surface area contributed by atoms with Crippen LogP contribution in [0.3, 0.4) is 0 Å². The minimum Gasteiger partial charge on any atom is -0.351 e. The van der Waals surface area contributed by atoms with Crippen LogP contribution in [0.4, 0.5) is 10.5 Å². The number of nitrogens with two attached hydrogens (primary N) is 1. The Morgan fingerprint density at radius 2 is 1.88 bits per heavy atom. The predicted octanol–water partition coefficient (Wildman–Crippen LogP) is 2.88. The van der Waals surface area contributed by atoms with E-state index in [1.165, 1.54) is 0 Å². The maximum Gasteiger partial charge on any atom is 0.316 e. The number of nitrogens with one attached hydrogen (secondary N) is 2. The molecule has 0 spiro atoms. The lowest BCUT2D eigenvalue weighted by Crippen LogP contribution is -2.26. The Balaban J connectivity index is 1.76. The van der Waals surface area contributed by atoms with Gasteiger partial charge in [-0.1, -0.05) is 31.1 Å². The molecule has 0 fully saturated rings. The molecule has 0 aliphatic rings. The molecule has 3 amide bonds. The lowest BCUT2D eigenvalue weighted by Gasteiger charge is -2.14. The lowest BCUT2D eigenvalue weighted by molar-refractivity contribution is -0.121. The number of aromatic nitrogens is 2. The highest BCUT2D eigenvalue weighted by molar-refractivity contribution is 5.87. The van der Waals surface area contributed by atoms with Crippen LogP contribution in [0.1, 0.15) is 62.9 Å². The molecule has 1 atom stereocenters. The summed E-state index contributed by atoms with van der Waals surface area (Å²) < 4.78 is 5.17. The topological polar surface area (TPSA) is 123 Å². The van der Waals surface area contributed by atoms with Gasteiger partial charge in [0.05, 0.1) is 6.04 Å². The van der Waals surface area contributed by atoms with Crippen LogP contribution in [0.2, 0.25) is 0 Å². The van der Waals surface area contributed by atoms with E-state index in [1.54, 1.807) is 12.1 Å². The molecular formula is C18H25N5O3. The van der Waals surface area contributed by atoms with E-state index in [0.717, 1.165) is 5.56 Å². The Hall–Kier alpha value is -2.90. The first kappa shape index (κ1) is 19.4. The average molecular weight is 359 g/mol. The second-order valence-electron chi connectivity index (χ2n) is 6.46. The minimum atomic E-state index is -0.610. The second kappa shape index (κ2) is 8.98. The molecule has 0 aliphatic heterocycles. The monoisotopic (exact) mass is 359 g/mol. The number of rotatable bonds is 8. The quantitative estimate of drug-likeness (QED) is 0.668. The third kappa shape index (κ3) is 5.87. The SMILES string of the molecule is CC(C)c1noc(CCCC(=O)NC(C)c2ccc(NC(N)=O)cc2)n1. The van der Waals surface area contributed by atoms with Crippen LogP contribution in [-0.4, -0.2) is 22.1 Å². The molecule has 2 rings (SSSR count). The van der Waals surface area contributed by atoms with Gasteiger partial charge in [-0.25, -0.2) is 4.79 Å². The molecular weight excluding hydrogens is 334 g/mol. The van der Waals surface area contributed by atoms with Crippen molar-refractivity contribution in [2.75, 3.05) is 5.32 Å². The van der Waals surface area contributed by atoms with E-state index in [2.05, 4.69) is 20.8 Å². The summed E-state index contributed by atoms with van der Waals surface area (Å²) >= 11 is 0. The number of hydrogen-bond acceptors (Lipinski definition) is 5. The second-order valence-corrected chi connectivity index (χ2v) is 6.46. The van der Waals surface area contributed by atoms with Gasteiger partial charge in [-0.15, -0.1) is 0 Å². The molecule has 1 aromatic heterocycles. The van der Waals surface area contributed by atoms with Crippen molar-refractivity contribution in [2.45, 2.75) is 52.0 Å². The number of amides is 3. The molecule has 4 N–H and O–H groups in total. The van der Waals surface area contributed by atoms with Crippen molar-refractivity contribution in [1.82, 2.24) is 15.5 Å². The van der Waals surface area contributed by atoms with Crippen molar-refractivity contribution in [1.29, 1.82) is 0 Å². The van der Waals surface area contributed by atoms with Crippen LogP contribution in [0.5, 0.6) is 0 Å². The summed E-state index contributed by atoms with van der Waals surface area (Å²) in [6, 6.07) is 6.40. The number of urea groups is 1. The molecule has 0 radical (unpaired) electrons. The third-order valence-electron chi connectivity index (χ3n) is 3.85. The molecule has 26 heavy (non-hydrogen) atoms. The van der Waals surface area contributed by atoms with E-state index in [9.17, 15) is 9.59 Å². The van der Waals surface area contributed by atoms with E-state index in [1.807, 2.05) is 32.9 Å². The number of carbonyl (C=O) groups is 2. The Kier molecular flexibility index (Phi) is 6.71. The van der Waals surface area contributed by atoms with Gasteiger partial charge >= 0.3 is 6.03 Å². The molecule has 1 heterocycles. The van der Waals surface area contributed by atoms with Gasteiger partial charge in [-0.2, -0.15) is 4.98 Å². The number of carbonyl (C=O) groups excluding carboxylic acids is 2. The summed E-state index contributed by atoms with van der Waals surface area (Å²) in [4.78, 5) is 27.2. The van der Waals surface area contributed by atoms with Gasteiger partial charge in [-0.05, 0) is 31.0 Å². The molecule has 8 heteroatoms. The van der Waals surface area contributed by atoms with Gasteiger partial charge in [0.15, 0.2) is 5.82 Å². The van der Waals surface area contributed by atoms with Gasteiger partial charge in [0.1, 0.15) is 0 Å². The summed E-state index contributed by atoms with van der Waals surface area (Å²) in [7, 11) is 0. The number of anilines is 1. The van der Waals surface area contributed by atoms with Gasteiger partial charge < -0.3 is 20.9 Å². The van der Waals surface area contributed by atoms with Crippen LogP contribution in [-0.2, 0) is 11.2 Å². The van der Waals surface area contributed by atoms with Crippen LogP contribution in [0.25, 0.3) is 0 Å². The number of benzene rings is 1. The highest BCUT2D eigenvalue weighted by Crippen LogP contribution is 2.16. The predicted molar refractivity (Wildman–Crippen MR) is 97.5 cm³/mol. The van der Waals surface area contributed by atoms with Gasteiger partial charge in [0, 0.05) is 24.4 Å². The lowest BCUT2D eigenvalue weighted by atomic mass is 10.1. The highest BCUT2D eigenvalue weighted by atomic mass is 16.5. The molecule has 1 unspecified atom stereocenters. The summed E-state index contributed by atoms with van der Waals surface area (Å²) in [5.74, 6) is 1.43. The van der Waals surface area contributed by atoms with Crippen LogP contribution in [0.15, 0.2) is 28.8 Å². The number of hydrogen-bond donors (Lipinski definition) is 3. The zero-order chi connectivity index (χ0) is 19.1. The Bertz CT molecular complexity index is 740. The number of aryl methyl sites for hydroxylation is 1. The van der Waals surface area contributed by atoms with E-state index in [-0.39, 0.29) is 17.9 Å². The molecule has 140 valence electrons. The third-order valence-corrected chi connectivity index (χ3v) is 3.85. The van der Waals surface area contributed by atoms with Crippen LogP contribution < -0.4 is 16.4 Å². The fourth-order valence-electron chi connectivity index (χ4n) is 2.40. The van der Waals surface area contributed by atoms with Crippen molar-refractivity contribution < 1.29 is 14.1 Å². The van der Waals surface area contributed by atoms with Gasteiger partial charge in [-0.3, -0.25) is 4.79 Å². The van der Waals surface area contributed by atoms with Crippen molar-refractivity contribution in [3.8, 4) is 0 Å². The Morgan fingerprint density at radius 3 is 2.46 bits per heavy atom. The zero-order valence-electron chi connectivity index (χ0n) is 15.3. The van der Waals surface area contributed by atoms with E-state index in [4.69, 9.17) is 10.3 Å². The van der Waals surface area contributed by atoms with Crippen molar-refractivity contribution in [2.24, 2.45) is 5.73 Å². The molecule has 0 aliphatic carbocycles. The Morgan fingerprint density at radius 1 is 1.19 bits per heavy atom. The largest absolute Gasteiger partial charge is 0.351 e. The minimum absolute atomic E-state index is 0.0413. The van der Waals surface area contributed by atoms with Gasteiger partial charge in [0.25, 0.3) is 0 Å². The van der Waals surface area contributed by atoms with Crippen molar-refractivity contribution in [3.63, 3.8) is 0 Å². The first-order chi connectivity index (χ1) is 12.3. The van der Waals surface area contributed by atoms with Crippen molar-refractivity contribution >= 4 is 17.6 Å². The fourth-order valence-corrected chi connectivity index (χ4v) is 2.40. The van der Waals surface area contributed by atoms with Crippen molar-refractivity contribution in [3.05, 3.63) is 41.5 Å². The van der Waals surface area contributed by atoms with E-state index in [0.29, 0.717) is 36.7 Å². The number of nitrogens with zero attached hydrogens (tertiary/aromatic N) is 2. The standard InChI is InChI=1S/C18H25N5O3/c1-11(2)17-22-16(26-23-17)6-4-5-15(24)20-12(3)13-7-9-14(10-8-13)21-18(19)25/h7-12H,4-6H2,1-3H3,(H,20,24)(H3,19,21,25). The molecule has 0 saturated carbocycles. The molecule has 0 saturated heterocycles. The van der Waals surface area contributed by atoms with Crippen LogP contribution in [0, 0.1) is 0 Å². The molecule has 0 bridgehead atoms. The summed E-state index contributed by atoms with van der Waals surface area (Å²) in [6.07, 6.45) is 1.60. The van der Waals surface area contributed by atoms with E-state index < -0.39 is 6.03 Å². The fraction of sp³-hybridized carbons (Fsp3) is 0.444. The molecule has 8 nitrogen and oxygen atoms in total. The maximum atomic E-state index is 12.1. The molecule has 1 aromatic carbocycles. The zero-order valence-corrected chi connectivity index (χ0v) is 15.3. The van der Waals surface area contributed by atoms with Gasteiger partial charge in [0.2, 0.25) is 11.8 Å². The first-order valence-corrected chi connectivity index (χ1v) is 8.63. The Labute approximate surface area is 152 Å². The number of primary amides is 1. The van der Waals surface area contributed by atoms with Crippen LogP contribution >= 0.6 is 0 Å². The maximum absolute atomic E-state index is 12.1. The summed E-state index contributed by atoms with van der Waals surface area (Å²) in [5, 5.41) is 9.35. The smallest absolute Gasteiger partial charge is 0.316 e. The first-order valence-electron chi connectivity index (χ1n) is 8.63. The molecule has 2 aromatic rings. The summed E-state index contributed by atoms with van der Waals surface area (Å²) in [5.41, 5.74) is 6.62. The van der Waals surface area contributed by atoms with E-state index >= 15 is 0 Å². The highest BCUT2D eigenvalue weighted by Gasteiger charge is 2.12. The average Bonchev–Trinajstić information content (AvgIpc) is 3.04. The normalized spacial score (nSPS) is 12.0. The summed E-state index contributed by atoms with van der Waals surface area (Å²) in [6.45, 7) is 5.90.